The Balaban J connectivity index is 2.05. The van der Waals surface area contributed by atoms with Gasteiger partial charge in [-0.25, -0.2) is 8.42 Å². The Hall–Kier alpha value is -3.56. The molecule has 0 aromatic heterocycles. The summed E-state index contributed by atoms with van der Waals surface area (Å²) in [7, 11) is -2.58. The minimum Gasteiger partial charge on any atom is -0.497 e. The molecule has 3 aromatic carbocycles. The zero-order chi connectivity index (χ0) is 29.3. The molecule has 0 saturated carbocycles. The van der Waals surface area contributed by atoms with E-state index in [0.717, 1.165) is 16.3 Å². The summed E-state index contributed by atoms with van der Waals surface area (Å²) in [5.41, 5.74) is 1.02. The summed E-state index contributed by atoms with van der Waals surface area (Å²) >= 11 is 6.07. The molecule has 40 heavy (non-hydrogen) atoms. The number of hydrogen-bond acceptors (Lipinski definition) is 5. The number of methoxy groups -OCH3 is 1. The van der Waals surface area contributed by atoms with Gasteiger partial charge in [-0.1, -0.05) is 55.8 Å². The lowest BCUT2D eigenvalue weighted by molar-refractivity contribution is -0.140. The molecule has 0 unspecified atom stereocenters. The van der Waals surface area contributed by atoms with Crippen LogP contribution >= 0.6 is 11.6 Å². The van der Waals surface area contributed by atoms with Crippen LogP contribution in [0.15, 0.2) is 83.8 Å². The summed E-state index contributed by atoms with van der Waals surface area (Å²) < 4.78 is 34.0. The number of anilines is 1. The van der Waals surface area contributed by atoms with Gasteiger partial charge in [0.2, 0.25) is 11.8 Å². The van der Waals surface area contributed by atoms with Crippen LogP contribution < -0.4 is 14.4 Å². The Morgan fingerprint density at radius 1 is 0.950 bits per heavy atom. The van der Waals surface area contributed by atoms with E-state index in [4.69, 9.17) is 16.3 Å². The predicted molar refractivity (Wildman–Crippen MR) is 158 cm³/mol. The summed E-state index contributed by atoms with van der Waals surface area (Å²) in [6.07, 6.45) is 1.07. The fourth-order valence-corrected chi connectivity index (χ4v) is 5.75. The number of nitrogens with zero attached hydrogens (tertiary/aromatic N) is 2. The molecule has 2 amide bonds. The lowest BCUT2D eigenvalue weighted by atomic mass is 10.1. The summed E-state index contributed by atoms with van der Waals surface area (Å²) in [6, 6.07) is 20.5. The molecule has 3 aromatic rings. The maximum absolute atomic E-state index is 14.1. The van der Waals surface area contributed by atoms with E-state index in [-0.39, 0.29) is 29.1 Å². The molecule has 0 aliphatic carbocycles. The van der Waals surface area contributed by atoms with Crippen LogP contribution in [-0.2, 0) is 26.2 Å². The van der Waals surface area contributed by atoms with E-state index in [1.165, 1.54) is 17.0 Å². The molecule has 0 bridgehead atoms. The zero-order valence-corrected chi connectivity index (χ0v) is 24.8. The topological polar surface area (TPSA) is 96.0 Å². The van der Waals surface area contributed by atoms with Gasteiger partial charge in [0.05, 0.1) is 17.7 Å². The first-order valence-electron chi connectivity index (χ1n) is 13.2. The van der Waals surface area contributed by atoms with Crippen molar-refractivity contribution in [2.75, 3.05) is 18.0 Å². The van der Waals surface area contributed by atoms with E-state index in [1.807, 2.05) is 26.8 Å². The third-order valence-corrected chi connectivity index (χ3v) is 8.64. The highest BCUT2D eigenvalue weighted by Gasteiger charge is 2.34. The third kappa shape index (κ3) is 7.76. The molecular weight excluding hydrogens is 550 g/mol. The van der Waals surface area contributed by atoms with Gasteiger partial charge in [-0.15, -0.1) is 0 Å². The van der Waals surface area contributed by atoms with Crippen molar-refractivity contribution in [2.45, 2.75) is 57.1 Å². The molecule has 214 valence electrons. The number of halogens is 1. The highest BCUT2D eigenvalue weighted by Crippen LogP contribution is 2.26. The normalized spacial score (nSPS) is 12.7. The molecule has 0 heterocycles. The number of hydrogen-bond donors (Lipinski definition) is 1. The van der Waals surface area contributed by atoms with Crippen LogP contribution in [0.1, 0.15) is 39.2 Å². The molecule has 0 fully saturated rings. The van der Waals surface area contributed by atoms with Crippen molar-refractivity contribution in [1.82, 2.24) is 10.2 Å². The molecule has 0 spiro atoms. The average Bonchev–Trinajstić information content (AvgIpc) is 2.96. The first-order chi connectivity index (χ1) is 19.1. The van der Waals surface area contributed by atoms with Crippen LogP contribution in [0, 0.1) is 0 Å². The maximum Gasteiger partial charge on any atom is 0.264 e. The van der Waals surface area contributed by atoms with E-state index in [1.54, 1.807) is 67.8 Å². The van der Waals surface area contributed by atoms with Gasteiger partial charge in [0, 0.05) is 17.6 Å². The maximum atomic E-state index is 14.1. The van der Waals surface area contributed by atoms with E-state index in [2.05, 4.69) is 5.32 Å². The quantitative estimate of drug-likeness (QED) is 0.295. The number of carbonyl (C=O) groups is 2. The van der Waals surface area contributed by atoms with Crippen molar-refractivity contribution >= 4 is 39.1 Å². The van der Waals surface area contributed by atoms with Crippen LogP contribution in [0.2, 0.25) is 5.02 Å². The lowest BCUT2D eigenvalue weighted by Crippen LogP contribution is -2.53. The summed E-state index contributed by atoms with van der Waals surface area (Å²) in [5, 5.41) is 3.40. The summed E-state index contributed by atoms with van der Waals surface area (Å²) in [5.74, 6) is -0.211. The fourth-order valence-electron chi connectivity index (χ4n) is 4.18. The molecule has 2 atom stereocenters. The van der Waals surface area contributed by atoms with E-state index in [9.17, 15) is 18.0 Å². The van der Waals surface area contributed by atoms with Crippen LogP contribution in [0.4, 0.5) is 5.69 Å². The van der Waals surface area contributed by atoms with Gasteiger partial charge in [-0.2, -0.15) is 0 Å². The Morgan fingerprint density at radius 2 is 1.62 bits per heavy atom. The lowest BCUT2D eigenvalue weighted by Gasteiger charge is -2.33. The third-order valence-electron chi connectivity index (χ3n) is 6.60. The van der Waals surface area contributed by atoms with Crippen molar-refractivity contribution in [3.05, 3.63) is 89.4 Å². The second kappa shape index (κ2) is 14.2. The number of carbonyl (C=O) groups excluding carboxylic acids is 2. The second-order valence-electron chi connectivity index (χ2n) is 9.42. The number of amides is 2. The molecular formula is C30H36ClN3O5S. The van der Waals surface area contributed by atoms with E-state index in [0.29, 0.717) is 17.2 Å². The van der Waals surface area contributed by atoms with Crippen molar-refractivity contribution < 1.29 is 22.7 Å². The molecule has 0 aliphatic heterocycles. The average molecular weight is 586 g/mol. The van der Waals surface area contributed by atoms with Crippen LogP contribution in [0.3, 0.4) is 0 Å². The first-order valence-corrected chi connectivity index (χ1v) is 15.0. The highest BCUT2D eigenvalue weighted by atomic mass is 35.5. The molecule has 0 aliphatic rings. The number of benzene rings is 3. The molecule has 1 N–H and O–H groups in total. The largest absolute Gasteiger partial charge is 0.497 e. The standard InChI is InChI=1S/C30H36ClN3O5S/c1-5-22(3)32-30(36)28(6-2)33(20-23-11-10-12-26(19-23)39-4)29(35)21-34(25-17-15-24(31)16-18-25)40(37,38)27-13-8-7-9-14-27/h7-19,22,28H,5-6,20-21H2,1-4H3,(H,32,36)/t22-,28-/m1/s1. The van der Waals surface area contributed by atoms with Gasteiger partial charge in [-0.3, -0.25) is 13.9 Å². The van der Waals surface area contributed by atoms with E-state index >= 15 is 0 Å². The minimum absolute atomic E-state index is 0.0404. The van der Waals surface area contributed by atoms with Crippen LogP contribution in [-0.4, -0.2) is 50.9 Å². The Morgan fingerprint density at radius 3 is 2.23 bits per heavy atom. The van der Waals surface area contributed by atoms with Crippen molar-refractivity contribution in [3.8, 4) is 5.75 Å². The van der Waals surface area contributed by atoms with Crippen molar-refractivity contribution in [3.63, 3.8) is 0 Å². The van der Waals surface area contributed by atoms with Crippen LogP contribution in [0.5, 0.6) is 5.75 Å². The number of nitrogens with one attached hydrogen (secondary N) is 1. The van der Waals surface area contributed by atoms with Crippen molar-refractivity contribution in [2.24, 2.45) is 0 Å². The van der Waals surface area contributed by atoms with Gasteiger partial charge in [0.1, 0.15) is 18.3 Å². The molecule has 0 radical (unpaired) electrons. The smallest absolute Gasteiger partial charge is 0.264 e. The monoisotopic (exact) mass is 585 g/mol. The first kappa shape index (κ1) is 31.0. The van der Waals surface area contributed by atoms with Crippen molar-refractivity contribution in [1.29, 1.82) is 0 Å². The Labute approximate surface area is 241 Å². The van der Waals surface area contributed by atoms with Gasteiger partial charge < -0.3 is 15.0 Å². The molecule has 8 nitrogen and oxygen atoms in total. The molecule has 10 heteroatoms. The van der Waals surface area contributed by atoms with Gasteiger partial charge in [0.25, 0.3) is 10.0 Å². The predicted octanol–water partition coefficient (Wildman–Crippen LogP) is 5.27. The molecule has 3 rings (SSSR count). The highest BCUT2D eigenvalue weighted by molar-refractivity contribution is 7.92. The number of sulfonamides is 1. The summed E-state index contributed by atoms with van der Waals surface area (Å²) in [6.45, 7) is 5.25. The van der Waals surface area contributed by atoms with E-state index < -0.39 is 28.5 Å². The van der Waals surface area contributed by atoms with Gasteiger partial charge in [-0.05, 0) is 73.9 Å². The fraction of sp³-hybridized carbons (Fsp3) is 0.333. The Bertz CT molecular complexity index is 1380. The zero-order valence-electron chi connectivity index (χ0n) is 23.2. The van der Waals surface area contributed by atoms with Gasteiger partial charge in [0.15, 0.2) is 0 Å². The second-order valence-corrected chi connectivity index (χ2v) is 11.7. The van der Waals surface area contributed by atoms with Gasteiger partial charge >= 0.3 is 0 Å². The number of rotatable bonds is 13. The minimum atomic E-state index is -4.13. The molecule has 0 saturated heterocycles. The summed E-state index contributed by atoms with van der Waals surface area (Å²) in [4.78, 5) is 28.9. The Kier molecular flexibility index (Phi) is 11.0. The SMILES string of the molecule is CC[C@@H](C)NC(=O)[C@@H](CC)N(Cc1cccc(OC)c1)C(=O)CN(c1ccc(Cl)cc1)S(=O)(=O)c1ccccc1. The number of ether oxygens (including phenoxy) is 1. The van der Waals surface area contributed by atoms with Crippen LogP contribution in [0.25, 0.3) is 0 Å².